The van der Waals surface area contributed by atoms with Crippen LogP contribution in [-0.2, 0) is 13.0 Å². The summed E-state index contributed by atoms with van der Waals surface area (Å²) in [6.45, 7) is 5.15. The molecule has 4 heteroatoms. The average Bonchev–Trinajstić information content (AvgIpc) is 2.95. The predicted octanol–water partition coefficient (Wildman–Crippen LogP) is 4.23. The van der Waals surface area contributed by atoms with Gasteiger partial charge in [-0.05, 0) is 31.0 Å². The van der Waals surface area contributed by atoms with E-state index in [2.05, 4.69) is 58.7 Å². The van der Waals surface area contributed by atoms with E-state index in [0.717, 1.165) is 41.0 Å². The van der Waals surface area contributed by atoms with Crippen molar-refractivity contribution in [1.82, 2.24) is 19.5 Å². The summed E-state index contributed by atoms with van der Waals surface area (Å²) in [5.74, 6) is 0.727. The maximum Gasteiger partial charge on any atom is 0.160 e. The third-order valence-corrected chi connectivity index (χ3v) is 4.30. The molecule has 3 heterocycles. The summed E-state index contributed by atoms with van der Waals surface area (Å²) in [5, 5.41) is 2.38. The maximum absolute atomic E-state index is 4.69. The molecule has 114 valence electrons. The highest BCUT2D eigenvalue weighted by Crippen LogP contribution is 2.30. The number of nitrogens with zero attached hydrogens (tertiary/aromatic N) is 4. The van der Waals surface area contributed by atoms with Crippen LogP contribution in [0.1, 0.15) is 19.4 Å². The van der Waals surface area contributed by atoms with Gasteiger partial charge in [0.2, 0.25) is 0 Å². The lowest BCUT2D eigenvalue weighted by Gasteiger charge is -2.03. The molecule has 0 aliphatic rings. The van der Waals surface area contributed by atoms with E-state index in [1.54, 1.807) is 0 Å². The van der Waals surface area contributed by atoms with Gasteiger partial charge in [-0.3, -0.25) is 0 Å². The number of aryl methyl sites for hydroxylation is 2. The van der Waals surface area contributed by atoms with Crippen molar-refractivity contribution < 1.29 is 0 Å². The number of fused-ring (bicyclic) bond motifs is 3. The first-order valence-electron chi connectivity index (χ1n) is 8.00. The molecule has 1 aromatic carbocycles. The molecule has 0 unspecified atom stereocenters. The van der Waals surface area contributed by atoms with Crippen molar-refractivity contribution in [1.29, 1.82) is 0 Å². The fourth-order valence-electron chi connectivity index (χ4n) is 3.05. The number of pyridine rings is 1. The highest BCUT2D eigenvalue weighted by molar-refractivity contribution is 6.07. The molecular formula is C19H18N4. The van der Waals surface area contributed by atoms with Gasteiger partial charge in [0, 0.05) is 41.5 Å². The van der Waals surface area contributed by atoms with Crippen LogP contribution in [0.3, 0.4) is 0 Å². The summed E-state index contributed by atoms with van der Waals surface area (Å²) >= 11 is 0. The number of hydrogen-bond donors (Lipinski definition) is 0. The minimum Gasteiger partial charge on any atom is -0.326 e. The van der Waals surface area contributed by atoms with E-state index in [4.69, 9.17) is 4.98 Å². The second kappa shape index (κ2) is 5.47. The molecule has 4 nitrogen and oxygen atoms in total. The van der Waals surface area contributed by atoms with E-state index >= 15 is 0 Å². The van der Waals surface area contributed by atoms with E-state index in [-0.39, 0.29) is 0 Å². The topological polar surface area (TPSA) is 43.6 Å². The van der Waals surface area contributed by atoms with Crippen molar-refractivity contribution in [2.75, 3.05) is 0 Å². The summed E-state index contributed by atoms with van der Waals surface area (Å²) in [5.41, 5.74) is 4.34. The van der Waals surface area contributed by atoms with E-state index < -0.39 is 0 Å². The third kappa shape index (κ3) is 2.18. The van der Waals surface area contributed by atoms with Crippen molar-refractivity contribution in [3.63, 3.8) is 0 Å². The fourth-order valence-corrected chi connectivity index (χ4v) is 3.05. The second-order valence-corrected chi connectivity index (χ2v) is 5.63. The van der Waals surface area contributed by atoms with Crippen molar-refractivity contribution in [2.45, 2.75) is 26.8 Å². The Hall–Kier alpha value is -2.75. The molecule has 0 atom stereocenters. The van der Waals surface area contributed by atoms with Gasteiger partial charge in [0.25, 0.3) is 0 Å². The van der Waals surface area contributed by atoms with Crippen molar-refractivity contribution >= 4 is 21.9 Å². The molecule has 0 bridgehead atoms. The van der Waals surface area contributed by atoms with Crippen LogP contribution in [0.5, 0.6) is 0 Å². The van der Waals surface area contributed by atoms with E-state index in [9.17, 15) is 0 Å². The van der Waals surface area contributed by atoms with Gasteiger partial charge in [-0.2, -0.15) is 0 Å². The van der Waals surface area contributed by atoms with Gasteiger partial charge in [0.05, 0.1) is 5.52 Å². The zero-order chi connectivity index (χ0) is 15.8. The second-order valence-electron chi connectivity index (χ2n) is 5.63. The average molecular weight is 302 g/mol. The van der Waals surface area contributed by atoms with Gasteiger partial charge in [-0.1, -0.05) is 25.1 Å². The monoisotopic (exact) mass is 302 g/mol. The Morgan fingerprint density at radius 1 is 0.913 bits per heavy atom. The Balaban J connectivity index is 1.95. The fraction of sp³-hybridized carbons (Fsp3) is 0.211. The third-order valence-electron chi connectivity index (χ3n) is 4.30. The number of benzene rings is 1. The van der Waals surface area contributed by atoms with E-state index in [0.29, 0.717) is 0 Å². The molecule has 0 radical (unpaired) electrons. The number of hydrogen-bond acceptors (Lipinski definition) is 3. The summed E-state index contributed by atoms with van der Waals surface area (Å²) in [6, 6.07) is 10.6. The minimum atomic E-state index is 0.727. The summed E-state index contributed by atoms with van der Waals surface area (Å²) < 4.78 is 2.25. The van der Waals surface area contributed by atoms with Gasteiger partial charge in [0.1, 0.15) is 5.65 Å². The molecule has 23 heavy (non-hydrogen) atoms. The smallest absolute Gasteiger partial charge is 0.160 e. The van der Waals surface area contributed by atoms with Gasteiger partial charge in [-0.15, -0.1) is 0 Å². The predicted molar refractivity (Wildman–Crippen MR) is 93.3 cm³/mol. The first-order valence-corrected chi connectivity index (χ1v) is 8.00. The van der Waals surface area contributed by atoms with Crippen molar-refractivity contribution in [3.05, 3.63) is 54.5 Å². The molecule has 4 aromatic rings. The van der Waals surface area contributed by atoms with Gasteiger partial charge in [-0.25, -0.2) is 15.0 Å². The molecule has 0 spiro atoms. The Bertz CT molecular complexity index is 984. The lowest BCUT2D eigenvalue weighted by atomic mass is 10.1. The first kappa shape index (κ1) is 13.9. The number of aromatic nitrogens is 4. The number of para-hydroxylation sites is 1. The molecule has 0 saturated heterocycles. The molecular weight excluding hydrogens is 284 g/mol. The Morgan fingerprint density at radius 2 is 1.70 bits per heavy atom. The molecule has 0 amide bonds. The molecule has 0 aliphatic heterocycles. The summed E-state index contributed by atoms with van der Waals surface area (Å²) in [7, 11) is 0. The van der Waals surface area contributed by atoms with Crippen LogP contribution in [0.4, 0.5) is 0 Å². The highest BCUT2D eigenvalue weighted by atomic mass is 15.0. The number of rotatable bonds is 3. The van der Waals surface area contributed by atoms with Crippen LogP contribution in [-0.4, -0.2) is 19.5 Å². The standard InChI is InChI=1S/C19H18N4/c1-3-13-10-20-18(21-11-13)14-9-16-15-7-5-6-8-17(15)23(4-2)19(16)22-12-14/h5-12H,3-4H2,1-2H3. The van der Waals surface area contributed by atoms with Crippen LogP contribution in [0, 0.1) is 0 Å². The van der Waals surface area contributed by atoms with E-state index in [1.807, 2.05) is 18.6 Å². The van der Waals surface area contributed by atoms with Crippen LogP contribution in [0.2, 0.25) is 0 Å². The molecule has 3 aromatic heterocycles. The lowest BCUT2D eigenvalue weighted by Crippen LogP contribution is -1.96. The van der Waals surface area contributed by atoms with Crippen molar-refractivity contribution in [2.24, 2.45) is 0 Å². The minimum absolute atomic E-state index is 0.727. The molecule has 0 aliphatic carbocycles. The first-order chi connectivity index (χ1) is 11.3. The lowest BCUT2D eigenvalue weighted by molar-refractivity contribution is 0.816. The summed E-state index contributed by atoms with van der Waals surface area (Å²) in [4.78, 5) is 13.6. The normalized spacial score (nSPS) is 11.4. The largest absolute Gasteiger partial charge is 0.326 e. The van der Waals surface area contributed by atoms with Gasteiger partial charge < -0.3 is 4.57 Å². The van der Waals surface area contributed by atoms with Gasteiger partial charge in [0.15, 0.2) is 5.82 Å². The molecule has 4 rings (SSSR count). The van der Waals surface area contributed by atoms with Crippen molar-refractivity contribution in [3.8, 4) is 11.4 Å². The Kier molecular flexibility index (Phi) is 3.30. The quantitative estimate of drug-likeness (QED) is 0.569. The zero-order valence-electron chi connectivity index (χ0n) is 13.3. The Morgan fingerprint density at radius 3 is 2.43 bits per heavy atom. The SMILES string of the molecule is CCc1cnc(-c2cnc3c(c2)c2ccccc2n3CC)nc1. The zero-order valence-corrected chi connectivity index (χ0v) is 13.3. The highest BCUT2D eigenvalue weighted by Gasteiger charge is 2.12. The van der Waals surface area contributed by atoms with Crippen LogP contribution in [0.25, 0.3) is 33.3 Å². The molecule has 0 N–H and O–H groups in total. The van der Waals surface area contributed by atoms with Crippen LogP contribution < -0.4 is 0 Å². The van der Waals surface area contributed by atoms with E-state index in [1.165, 1.54) is 10.9 Å². The van der Waals surface area contributed by atoms with Crippen LogP contribution in [0.15, 0.2) is 48.9 Å². The maximum atomic E-state index is 4.69. The Labute approximate surface area is 134 Å². The summed E-state index contributed by atoms with van der Waals surface area (Å²) in [6.07, 6.45) is 6.60. The van der Waals surface area contributed by atoms with Gasteiger partial charge >= 0.3 is 0 Å². The molecule has 0 fully saturated rings. The molecule has 0 saturated carbocycles. The van der Waals surface area contributed by atoms with Crippen LogP contribution >= 0.6 is 0 Å².